The lowest BCUT2D eigenvalue weighted by Crippen LogP contribution is -2.54. The molecule has 1 spiro atoms. The highest BCUT2D eigenvalue weighted by atomic mass is 19.1. The molecule has 6 heteroatoms. The summed E-state index contributed by atoms with van der Waals surface area (Å²) in [6.07, 6.45) is 3.18. The lowest BCUT2D eigenvalue weighted by atomic mass is 9.80. The zero-order valence-corrected chi connectivity index (χ0v) is 17.0. The molecule has 2 fully saturated rings. The van der Waals surface area contributed by atoms with E-state index >= 15 is 0 Å². The predicted molar refractivity (Wildman–Crippen MR) is 107 cm³/mol. The molecule has 0 saturated carbocycles. The lowest BCUT2D eigenvalue weighted by Gasteiger charge is -2.41. The second-order valence-electron chi connectivity index (χ2n) is 8.16. The van der Waals surface area contributed by atoms with Gasteiger partial charge in [0, 0.05) is 24.7 Å². The van der Waals surface area contributed by atoms with Crippen molar-refractivity contribution in [3.63, 3.8) is 0 Å². The van der Waals surface area contributed by atoms with Gasteiger partial charge in [-0.25, -0.2) is 9.18 Å². The number of hydrogen-bond acceptors (Lipinski definition) is 3. The minimum Gasteiger partial charge on any atom is -0.375 e. The van der Waals surface area contributed by atoms with Crippen LogP contribution in [-0.2, 0) is 4.79 Å². The molecule has 3 amide bonds. The molecule has 2 aliphatic heterocycles. The average molecular weight is 387 g/mol. The highest BCUT2D eigenvalue weighted by molar-refractivity contribution is 6.07. The lowest BCUT2D eigenvalue weighted by molar-refractivity contribution is -0.125. The number of amides is 3. The van der Waals surface area contributed by atoms with E-state index in [0.717, 1.165) is 24.1 Å². The van der Waals surface area contributed by atoms with E-state index in [-0.39, 0.29) is 23.6 Å². The number of aryl methyl sites for hydroxylation is 1. The van der Waals surface area contributed by atoms with Crippen LogP contribution in [-0.4, -0.2) is 35.5 Å². The molecule has 5 nitrogen and oxygen atoms in total. The maximum Gasteiger partial charge on any atom is 0.322 e. The van der Waals surface area contributed by atoms with Crippen molar-refractivity contribution >= 4 is 11.9 Å². The molecule has 2 atom stereocenters. The van der Waals surface area contributed by atoms with Gasteiger partial charge in [-0.15, -0.1) is 0 Å². The standard InChI is InChI=1S/C22H30FN3O2/c1-5-6-18(17-7-8-19(23)14(2)13-17)15(3)16(4)26-11-9-22(10-12-26)20(27)24-21(28)25-22/h7-8,13,15,18H,4-6,9-12H2,1-3H3,(H2,24,25,27,28). The summed E-state index contributed by atoms with van der Waals surface area (Å²) in [5, 5.41) is 5.15. The summed E-state index contributed by atoms with van der Waals surface area (Å²) in [6.45, 7) is 11.8. The van der Waals surface area contributed by atoms with Gasteiger partial charge in [-0.1, -0.05) is 39.0 Å². The number of piperidine rings is 1. The van der Waals surface area contributed by atoms with Crippen LogP contribution in [0.4, 0.5) is 9.18 Å². The molecule has 2 N–H and O–H groups in total. The molecule has 152 valence electrons. The van der Waals surface area contributed by atoms with Gasteiger partial charge in [0.05, 0.1) is 0 Å². The molecule has 1 aromatic rings. The van der Waals surface area contributed by atoms with Crippen molar-refractivity contribution in [3.05, 3.63) is 47.4 Å². The second kappa shape index (κ2) is 7.94. The fourth-order valence-electron chi connectivity index (χ4n) is 4.49. The van der Waals surface area contributed by atoms with Crippen LogP contribution in [0.1, 0.15) is 56.6 Å². The van der Waals surface area contributed by atoms with Crippen molar-refractivity contribution in [1.29, 1.82) is 0 Å². The number of likely N-dealkylation sites (tertiary alicyclic amines) is 1. The van der Waals surface area contributed by atoms with Crippen molar-refractivity contribution in [3.8, 4) is 0 Å². The number of nitrogens with one attached hydrogen (secondary N) is 2. The Morgan fingerprint density at radius 2 is 2.00 bits per heavy atom. The smallest absolute Gasteiger partial charge is 0.322 e. The number of halogens is 1. The molecule has 0 aliphatic carbocycles. The first-order chi connectivity index (χ1) is 13.3. The van der Waals surface area contributed by atoms with E-state index < -0.39 is 11.6 Å². The first-order valence-electron chi connectivity index (χ1n) is 10.1. The molecule has 0 bridgehead atoms. The van der Waals surface area contributed by atoms with Gasteiger partial charge in [-0.05, 0) is 49.3 Å². The Bertz CT molecular complexity index is 784. The SMILES string of the molecule is C=C(C(C)C(CCC)c1ccc(F)c(C)c1)N1CCC2(CC1)NC(=O)NC2=O. The highest BCUT2D eigenvalue weighted by Gasteiger charge is 2.48. The van der Waals surface area contributed by atoms with Crippen molar-refractivity contribution in [2.75, 3.05) is 13.1 Å². The highest BCUT2D eigenvalue weighted by Crippen LogP contribution is 2.37. The Hall–Kier alpha value is -2.37. The summed E-state index contributed by atoms with van der Waals surface area (Å²) in [5.74, 6) is 0.0678. The number of imide groups is 1. The minimum atomic E-state index is -0.770. The zero-order chi connectivity index (χ0) is 20.5. The molecule has 28 heavy (non-hydrogen) atoms. The molecule has 0 radical (unpaired) electrons. The first kappa shape index (κ1) is 20.4. The van der Waals surface area contributed by atoms with Gasteiger partial charge in [0.25, 0.3) is 5.91 Å². The van der Waals surface area contributed by atoms with E-state index in [1.165, 1.54) is 0 Å². The molecule has 1 aromatic carbocycles. The van der Waals surface area contributed by atoms with Crippen LogP contribution < -0.4 is 10.6 Å². The third kappa shape index (κ3) is 3.77. The Balaban J connectivity index is 1.71. The van der Waals surface area contributed by atoms with E-state index in [2.05, 4.69) is 36.0 Å². The largest absolute Gasteiger partial charge is 0.375 e. The number of allylic oxidation sites excluding steroid dienone is 1. The summed E-state index contributed by atoms with van der Waals surface area (Å²) in [7, 11) is 0. The third-order valence-corrected chi connectivity index (χ3v) is 6.38. The van der Waals surface area contributed by atoms with Crippen molar-refractivity contribution < 1.29 is 14.0 Å². The molecule has 0 aromatic heterocycles. The van der Waals surface area contributed by atoms with Crippen LogP contribution in [0, 0.1) is 18.7 Å². The first-order valence-corrected chi connectivity index (χ1v) is 10.1. The zero-order valence-electron chi connectivity index (χ0n) is 17.0. The Labute approximate surface area is 166 Å². The van der Waals surface area contributed by atoms with Gasteiger partial charge in [0.1, 0.15) is 11.4 Å². The van der Waals surface area contributed by atoms with Gasteiger partial charge in [-0.2, -0.15) is 0 Å². The van der Waals surface area contributed by atoms with Crippen molar-refractivity contribution in [1.82, 2.24) is 15.5 Å². The van der Waals surface area contributed by atoms with E-state index in [1.54, 1.807) is 13.0 Å². The van der Waals surface area contributed by atoms with Gasteiger partial charge in [0.2, 0.25) is 0 Å². The molecular weight excluding hydrogens is 357 g/mol. The summed E-state index contributed by atoms with van der Waals surface area (Å²) in [6, 6.07) is 4.98. The van der Waals surface area contributed by atoms with Gasteiger partial charge >= 0.3 is 6.03 Å². The Morgan fingerprint density at radius 3 is 2.54 bits per heavy atom. The maximum atomic E-state index is 13.7. The Kier molecular flexibility index (Phi) is 5.77. The number of carbonyl (C=O) groups is 2. The number of carbonyl (C=O) groups excluding carboxylic acids is 2. The summed E-state index contributed by atoms with van der Waals surface area (Å²) < 4.78 is 13.7. The molecule has 2 unspecified atom stereocenters. The molecular formula is C22H30FN3O2. The van der Waals surface area contributed by atoms with E-state index in [9.17, 15) is 14.0 Å². The Morgan fingerprint density at radius 1 is 1.32 bits per heavy atom. The fraction of sp³-hybridized carbons (Fsp3) is 0.545. The van der Waals surface area contributed by atoms with E-state index in [0.29, 0.717) is 31.5 Å². The van der Waals surface area contributed by atoms with E-state index in [1.807, 2.05) is 12.1 Å². The van der Waals surface area contributed by atoms with Gasteiger partial charge in [0.15, 0.2) is 0 Å². The quantitative estimate of drug-likeness (QED) is 0.729. The monoisotopic (exact) mass is 387 g/mol. The summed E-state index contributed by atoms with van der Waals surface area (Å²) in [4.78, 5) is 25.9. The van der Waals surface area contributed by atoms with Crippen LogP contribution >= 0.6 is 0 Å². The third-order valence-electron chi connectivity index (χ3n) is 6.38. The molecule has 2 heterocycles. The van der Waals surface area contributed by atoms with Crippen LogP contribution in [0.2, 0.25) is 0 Å². The summed E-state index contributed by atoms with van der Waals surface area (Å²) >= 11 is 0. The summed E-state index contributed by atoms with van der Waals surface area (Å²) in [5.41, 5.74) is 2.08. The number of urea groups is 1. The number of nitrogens with zero attached hydrogens (tertiary/aromatic N) is 1. The number of hydrogen-bond donors (Lipinski definition) is 2. The normalized spacial score (nSPS) is 20.6. The second-order valence-corrected chi connectivity index (χ2v) is 8.16. The molecule has 2 aliphatic rings. The average Bonchev–Trinajstić information content (AvgIpc) is 2.94. The fourth-order valence-corrected chi connectivity index (χ4v) is 4.49. The van der Waals surface area contributed by atoms with E-state index in [4.69, 9.17) is 0 Å². The minimum absolute atomic E-state index is 0.177. The number of benzene rings is 1. The van der Waals surface area contributed by atoms with Gasteiger partial charge in [-0.3, -0.25) is 10.1 Å². The van der Waals surface area contributed by atoms with Crippen LogP contribution in [0.15, 0.2) is 30.5 Å². The van der Waals surface area contributed by atoms with Crippen LogP contribution in [0.3, 0.4) is 0 Å². The van der Waals surface area contributed by atoms with Crippen molar-refractivity contribution in [2.45, 2.75) is 57.9 Å². The van der Waals surface area contributed by atoms with Crippen LogP contribution in [0.5, 0.6) is 0 Å². The predicted octanol–water partition coefficient (Wildman–Crippen LogP) is 3.84. The topological polar surface area (TPSA) is 61.4 Å². The maximum absolute atomic E-state index is 13.7. The van der Waals surface area contributed by atoms with Crippen LogP contribution in [0.25, 0.3) is 0 Å². The molecule has 3 rings (SSSR count). The van der Waals surface area contributed by atoms with Crippen molar-refractivity contribution in [2.24, 2.45) is 5.92 Å². The number of rotatable bonds is 6. The molecule has 2 saturated heterocycles. The van der Waals surface area contributed by atoms with Gasteiger partial charge < -0.3 is 10.2 Å².